The number of carbonyl (C=O) groups is 2. The van der Waals surface area contributed by atoms with E-state index in [1.54, 1.807) is 18.7 Å². The summed E-state index contributed by atoms with van der Waals surface area (Å²) in [6.45, 7) is 7.75. The molecule has 2 amide bonds. The first-order chi connectivity index (χ1) is 15.8. The van der Waals surface area contributed by atoms with E-state index < -0.39 is 38.8 Å². The maximum atomic E-state index is 13.2. The van der Waals surface area contributed by atoms with E-state index in [1.807, 2.05) is 6.92 Å². The van der Waals surface area contributed by atoms with Crippen LogP contribution >= 0.6 is 0 Å². The van der Waals surface area contributed by atoms with Crippen LogP contribution in [0.25, 0.3) is 0 Å². The van der Waals surface area contributed by atoms with Gasteiger partial charge in [-0.25, -0.2) is 8.42 Å². The van der Waals surface area contributed by atoms with Crippen LogP contribution in [0.2, 0.25) is 0 Å². The van der Waals surface area contributed by atoms with Crippen LogP contribution in [0.4, 0.5) is 13.2 Å². The van der Waals surface area contributed by atoms with Gasteiger partial charge in [-0.05, 0) is 51.4 Å². The molecule has 1 N–H and O–H groups in total. The van der Waals surface area contributed by atoms with Crippen molar-refractivity contribution in [2.75, 3.05) is 31.9 Å². The normalized spacial score (nSPS) is 24.6. The van der Waals surface area contributed by atoms with Crippen LogP contribution in [0.1, 0.15) is 49.5 Å². The molecule has 34 heavy (non-hydrogen) atoms. The summed E-state index contributed by atoms with van der Waals surface area (Å²) in [7, 11) is -3.32. The molecule has 0 spiro atoms. The van der Waals surface area contributed by atoms with Crippen LogP contribution in [0.15, 0.2) is 24.3 Å². The summed E-state index contributed by atoms with van der Waals surface area (Å²) in [5.41, 5.74) is -1.10. The molecule has 0 bridgehead atoms. The fourth-order valence-corrected chi connectivity index (χ4v) is 6.00. The number of carbonyl (C=O) groups excluding carboxylic acids is 2. The van der Waals surface area contributed by atoms with Crippen molar-refractivity contribution in [1.82, 2.24) is 15.1 Å². The van der Waals surface area contributed by atoms with E-state index in [2.05, 4.69) is 10.2 Å². The minimum atomic E-state index is -4.57. The van der Waals surface area contributed by atoms with E-state index in [-0.39, 0.29) is 29.2 Å². The van der Waals surface area contributed by atoms with Crippen LogP contribution in [0.5, 0.6) is 0 Å². The van der Waals surface area contributed by atoms with Crippen LogP contribution in [-0.4, -0.2) is 79.3 Å². The molecule has 2 aliphatic heterocycles. The number of likely N-dealkylation sites (tertiary alicyclic amines) is 2. The molecule has 1 aromatic rings. The third-order valence-electron chi connectivity index (χ3n) is 6.79. The molecule has 2 heterocycles. The SMILES string of the molecule is CCN1CC[C@H](N2CC[C@H](NC(=O)c3cccc(C(F)(F)F)c3)C2=O)[C@H](CS(=O)(=O)C(C)C)C1. The number of alkyl halides is 3. The zero-order chi connectivity index (χ0) is 25.3. The maximum absolute atomic E-state index is 13.2. The monoisotopic (exact) mass is 503 g/mol. The Morgan fingerprint density at radius 2 is 1.91 bits per heavy atom. The van der Waals surface area contributed by atoms with Crippen molar-refractivity contribution in [3.8, 4) is 0 Å². The summed E-state index contributed by atoms with van der Waals surface area (Å²) >= 11 is 0. The minimum Gasteiger partial charge on any atom is -0.340 e. The van der Waals surface area contributed by atoms with Gasteiger partial charge in [0.15, 0.2) is 9.84 Å². The topological polar surface area (TPSA) is 86.8 Å². The molecule has 2 fully saturated rings. The Morgan fingerprint density at radius 1 is 1.21 bits per heavy atom. The molecule has 0 aromatic heterocycles. The number of amides is 2. The van der Waals surface area contributed by atoms with Crippen molar-refractivity contribution in [1.29, 1.82) is 0 Å². The standard InChI is InChI=1S/C23H32F3N3O4S/c1-4-28-10-9-20(17(13-28)14-34(32,33)15(2)3)29-11-8-19(22(29)31)27-21(30)16-6-5-7-18(12-16)23(24,25)26/h5-7,12,15,17,19-20H,4,8-11,13-14H2,1-3H3,(H,27,30)/t17-,19-,20-/m0/s1. The van der Waals surface area contributed by atoms with Crippen molar-refractivity contribution >= 4 is 21.7 Å². The van der Waals surface area contributed by atoms with Gasteiger partial charge in [-0.3, -0.25) is 9.59 Å². The van der Waals surface area contributed by atoms with Crippen molar-refractivity contribution in [3.63, 3.8) is 0 Å². The van der Waals surface area contributed by atoms with E-state index in [0.29, 0.717) is 25.9 Å². The van der Waals surface area contributed by atoms with E-state index in [0.717, 1.165) is 31.3 Å². The summed E-state index contributed by atoms with van der Waals surface area (Å²) < 4.78 is 64.2. The van der Waals surface area contributed by atoms with Crippen LogP contribution in [0, 0.1) is 5.92 Å². The van der Waals surface area contributed by atoms with Crippen LogP contribution in [-0.2, 0) is 20.8 Å². The average molecular weight is 504 g/mol. The Kier molecular flexibility index (Phi) is 7.96. The number of nitrogens with one attached hydrogen (secondary N) is 1. The predicted molar refractivity (Wildman–Crippen MR) is 122 cm³/mol. The van der Waals surface area contributed by atoms with Gasteiger partial charge in [0.05, 0.1) is 16.6 Å². The number of sulfone groups is 1. The second-order valence-corrected chi connectivity index (χ2v) is 11.9. The predicted octanol–water partition coefficient (Wildman–Crippen LogP) is 2.57. The lowest BCUT2D eigenvalue weighted by atomic mass is 9.92. The highest BCUT2D eigenvalue weighted by Crippen LogP contribution is 2.30. The molecular weight excluding hydrogens is 471 g/mol. The first-order valence-corrected chi connectivity index (χ1v) is 13.3. The number of hydrogen-bond donors (Lipinski definition) is 1. The highest BCUT2D eigenvalue weighted by Gasteiger charge is 2.43. The maximum Gasteiger partial charge on any atom is 0.416 e. The molecular formula is C23H32F3N3O4S. The van der Waals surface area contributed by atoms with Gasteiger partial charge in [0, 0.05) is 37.2 Å². The van der Waals surface area contributed by atoms with E-state index >= 15 is 0 Å². The van der Waals surface area contributed by atoms with Gasteiger partial charge in [0.1, 0.15) is 6.04 Å². The molecule has 0 saturated carbocycles. The van der Waals surface area contributed by atoms with Gasteiger partial charge >= 0.3 is 6.18 Å². The van der Waals surface area contributed by atoms with Gasteiger partial charge in [-0.1, -0.05) is 13.0 Å². The second kappa shape index (κ2) is 10.2. The zero-order valence-electron chi connectivity index (χ0n) is 19.6. The molecule has 3 atom stereocenters. The van der Waals surface area contributed by atoms with Gasteiger partial charge in [0.25, 0.3) is 5.91 Å². The van der Waals surface area contributed by atoms with Crippen molar-refractivity contribution < 1.29 is 31.2 Å². The van der Waals surface area contributed by atoms with Crippen LogP contribution in [0.3, 0.4) is 0 Å². The zero-order valence-corrected chi connectivity index (χ0v) is 20.5. The summed E-state index contributed by atoms with van der Waals surface area (Å²) in [5.74, 6) is -1.33. The molecule has 11 heteroatoms. The Bertz CT molecular complexity index is 1010. The average Bonchev–Trinajstić information content (AvgIpc) is 3.12. The lowest BCUT2D eigenvalue weighted by Gasteiger charge is -2.42. The molecule has 2 saturated heterocycles. The molecule has 190 valence electrons. The summed E-state index contributed by atoms with van der Waals surface area (Å²) in [5, 5.41) is 2.05. The fourth-order valence-electron chi connectivity index (χ4n) is 4.69. The number of halogens is 3. The van der Waals surface area contributed by atoms with Gasteiger partial charge in [-0.15, -0.1) is 0 Å². The van der Waals surface area contributed by atoms with Crippen LogP contribution < -0.4 is 5.32 Å². The smallest absolute Gasteiger partial charge is 0.340 e. The largest absolute Gasteiger partial charge is 0.416 e. The van der Waals surface area contributed by atoms with E-state index in [4.69, 9.17) is 0 Å². The molecule has 2 aliphatic rings. The summed E-state index contributed by atoms with van der Waals surface area (Å²) in [6.07, 6.45) is -3.62. The molecule has 0 aliphatic carbocycles. The molecule has 0 unspecified atom stereocenters. The van der Waals surface area contributed by atoms with Crippen molar-refractivity contribution in [3.05, 3.63) is 35.4 Å². The second-order valence-electron chi connectivity index (χ2n) is 9.31. The van der Waals surface area contributed by atoms with Gasteiger partial charge in [-0.2, -0.15) is 13.2 Å². The Hall–Kier alpha value is -2.14. The number of benzene rings is 1. The summed E-state index contributed by atoms with van der Waals surface area (Å²) in [4.78, 5) is 29.6. The quantitative estimate of drug-likeness (QED) is 0.618. The Labute approximate surface area is 198 Å². The Morgan fingerprint density at radius 3 is 2.53 bits per heavy atom. The van der Waals surface area contributed by atoms with E-state index in [9.17, 15) is 31.2 Å². The highest BCUT2D eigenvalue weighted by atomic mass is 32.2. The first-order valence-electron chi connectivity index (χ1n) is 11.6. The van der Waals surface area contributed by atoms with Gasteiger partial charge < -0.3 is 15.1 Å². The summed E-state index contributed by atoms with van der Waals surface area (Å²) in [6, 6.07) is 2.96. The lowest BCUT2D eigenvalue weighted by molar-refractivity contribution is -0.137. The molecule has 1 aromatic carbocycles. The highest BCUT2D eigenvalue weighted by molar-refractivity contribution is 7.91. The molecule has 0 radical (unpaired) electrons. The molecule has 3 rings (SSSR count). The number of piperidine rings is 1. The minimum absolute atomic E-state index is 0.0170. The van der Waals surface area contributed by atoms with E-state index in [1.165, 1.54) is 6.07 Å². The third kappa shape index (κ3) is 5.91. The van der Waals surface area contributed by atoms with Crippen molar-refractivity contribution in [2.24, 2.45) is 5.92 Å². The third-order valence-corrected chi connectivity index (χ3v) is 9.12. The lowest BCUT2D eigenvalue weighted by Crippen LogP contribution is -2.55. The fraction of sp³-hybridized carbons (Fsp3) is 0.652. The number of nitrogens with zero attached hydrogens (tertiary/aromatic N) is 2. The van der Waals surface area contributed by atoms with Crippen molar-refractivity contribution in [2.45, 2.75) is 57.1 Å². The van der Waals surface area contributed by atoms with Gasteiger partial charge in [0.2, 0.25) is 5.91 Å². The number of hydrogen-bond acceptors (Lipinski definition) is 5. The first kappa shape index (κ1) is 26.5. The number of rotatable bonds is 7. The molecule has 7 nitrogen and oxygen atoms in total. The Balaban J connectivity index is 1.72.